The second kappa shape index (κ2) is 10.8. The molecular formula is C17H18IN9O2S2. The number of nitrogens with one attached hydrogen (secondary N) is 2. The summed E-state index contributed by atoms with van der Waals surface area (Å²) in [4.78, 5) is 38.8. The molecule has 14 heteroatoms. The van der Waals surface area contributed by atoms with Gasteiger partial charge < -0.3 is 0 Å². The number of halogens is 1. The third-order valence-electron chi connectivity index (χ3n) is 4.08. The minimum Gasteiger partial charge on any atom is -0.286 e. The molecule has 0 aromatic carbocycles. The summed E-state index contributed by atoms with van der Waals surface area (Å²) in [5.74, 6) is -0.120. The van der Waals surface area contributed by atoms with Gasteiger partial charge in [-0.1, -0.05) is 23.5 Å². The molecule has 1 aliphatic heterocycles. The second-order valence-electron chi connectivity index (χ2n) is 6.01. The average Bonchev–Trinajstić information content (AvgIpc) is 3.49. The molecule has 0 saturated carbocycles. The molecule has 11 nitrogen and oxygen atoms in total. The van der Waals surface area contributed by atoms with Crippen LogP contribution < -0.4 is 0 Å². The van der Waals surface area contributed by atoms with Gasteiger partial charge in [-0.2, -0.15) is 10.2 Å². The van der Waals surface area contributed by atoms with Gasteiger partial charge in [-0.3, -0.25) is 24.7 Å². The highest BCUT2D eigenvalue weighted by atomic mass is 127. The highest BCUT2D eigenvalue weighted by Crippen LogP contribution is 2.17. The minimum atomic E-state index is -0.0602. The Bertz CT molecular complexity index is 1200. The van der Waals surface area contributed by atoms with Crippen LogP contribution in [0.3, 0.4) is 0 Å². The normalized spacial score (nSPS) is 13.2. The van der Waals surface area contributed by atoms with Gasteiger partial charge in [0, 0.05) is 32.3 Å². The number of aromatic amines is 2. The Morgan fingerprint density at radius 2 is 1.61 bits per heavy atom. The van der Waals surface area contributed by atoms with E-state index in [1.165, 1.54) is 35.5 Å². The Hall–Kier alpha value is -2.33. The Labute approximate surface area is 199 Å². The number of aromatic nitrogens is 8. The Kier molecular flexibility index (Phi) is 8.14. The fourth-order valence-electron chi connectivity index (χ4n) is 2.37. The van der Waals surface area contributed by atoms with Gasteiger partial charge in [0.1, 0.15) is 3.70 Å². The molecule has 1 fully saturated rings. The maximum absolute atomic E-state index is 10.5. The number of thioether (sulfide) groups is 2. The van der Waals surface area contributed by atoms with E-state index in [4.69, 9.17) is 0 Å². The number of nitrogens with zero attached hydrogens (tertiary/aromatic N) is 7. The number of fused-ring (bicyclic) bond motifs is 2. The predicted molar refractivity (Wildman–Crippen MR) is 127 cm³/mol. The molecule has 0 aliphatic carbocycles. The molecule has 2 amide bonds. The van der Waals surface area contributed by atoms with Crippen LogP contribution in [0.25, 0.3) is 22.1 Å². The van der Waals surface area contributed by atoms with Crippen LogP contribution in [0.1, 0.15) is 12.8 Å². The van der Waals surface area contributed by atoms with Crippen molar-refractivity contribution in [1.82, 2.24) is 45.2 Å². The van der Waals surface area contributed by atoms with Crippen molar-refractivity contribution in [3.63, 3.8) is 0 Å². The predicted octanol–water partition coefficient (Wildman–Crippen LogP) is 2.52. The molecule has 5 rings (SSSR count). The fraction of sp³-hybridized carbons (Fsp3) is 0.294. The summed E-state index contributed by atoms with van der Waals surface area (Å²) in [6, 6.07) is 0. The second-order valence-corrected chi connectivity index (χ2v) is 8.63. The monoisotopic (exact) mass is 571 g/mol. The summed E-state index contributed by atoms with van der Waals surface area (Å²) >= 11 is 5.20. The van der Waals surface area contributed by atoms with Gasteiger partial charge in [0.05, 0.1) is 17.0 Å². The number of amides is 2. The summed E-state index contributed by atoms with van der Waals surface area (Å²) in [6.07, 6.45) is 9.94. The van der Waals surface area contributed by atoms with Gasteiger partial charge in [-0.05, 0) is 35.1 Å². The number of rotatable bonds is 2. The molecule has 4 aromatic rings. The lowest BCUT2D eigenvalue weighted by atomic mass is 10.4. The largest absolute Gasteiger partial charge is 0.286 e. The third kappa shape index (κ3) is 5.88. The van der Waals surface area contributed by atoms with Crippen molar-refractivity contribution < 1.29 is 9.59 Å². The van der Waals surface area contributed by atoms with E-state index in [1.54, 1.807) is 18.6 Å². The van der Waals surface area contributed by atoms with E-state index in [9.17, 15) is 9.59 Å². The first-order valence-corrected chi connectivity index (χ1v) is 12.4. The molecule has 0 atom stereocenters. The van der Waals surface area contributed by atoms with E-state index in [-0.39, 0.29) is 11.8 Å². The molecule has 162 valence electrons. The lowest BCUT2D eigenvalue weighted by Crippen LogP contribution is -2.23. The van der Waals surface area contributed by atoms with Crippen LogP contribution >= 0.6 is 46.1 Å². The van der Waals surface area contributed by atoms with Crippen LogP contribution in [0.5, 0.6) is 0 Å². The summed E-state index contributed by atoms with van der Waals surface area (Å²) in [5, 5.41) is 17.0. The highest BCUT2D eigenvalue weighted by Gasteiger charge is 2.24. The molecule has 0 unspecified atom stereocenters. The zero-order valence-corrected chi connectivity index (χ0v) is 20.6. The van der Waals surface area contributed by atoms with Gasteiger partial charge in [-0.25, -0.2) is 19.9 Å². The van der Waals surface area contributed by atoms with Crippen molar-refractivity contribution in [3.8, 4) is 0 Å². The third-order valence-corrected chi connectivity index (χ3v) is 6.02. The van der Waals surface area contributed by atoms with Crippen molar-refractivity contribution in [2.24, 2.45) is 0 Å². The maximum Gasteiger partial charge on any atom is 0.229 e. The standard InChI is InChI=1S/C6H5IN4S.C6H6N4S.C5H7NO2/c1-12-6-8-2-3-4(7)10-11-5(3)9-6;1-11-6-7-2-4-3-8-10-5(4)9-6;1-6-4(7)2-3-5(6)8/h2H,1H3,(H,8,9,10,11);2-3H,1H3,(H,7,8,9,10);2-3H2,1H3. The van der Waals surface area contributed by atoms with E-state index in [2.05, 4.69) is 62.9 Å². The molecule has 1 saturated heterocycles. The molecule has 4 aromatic heterocycles. The van der Waals surface area contributed by atoms with E-state index in [1.807, 2.05) is 12.5 Å². The zero-order valence-electron chi connectivity index (χ0n) is 16.8. The number of H-pyrrole nitrogens is 2. The Balaban J connectivity index is 0.000000135. The molecule has 5 heterocycles. The summed E-state index contributed by atoms with van der Waals surface area (Å²) in [7, 11) is 1.51. The number of hydrogen-bond acceptors (Lipinski definition) is 10. The minimum absolute atomic E-state index is 0.0602. The van der Waals surface area contributed by atoms with Gasteiger partial charge >= 0.3 is 0 Å². The average molecular weight is 571 g/mol. The molecular weight excluding hydrogens is 553 g/mol. The molecule has 0 bridgehead atoms. The molecule has 1 aliphatic rings. The van der Waals surface area contributed by atoms with E-state index >= 15 is 0 Å². The quantitative estimate of drug-likeness (QED) is 0.159. The van der Waals surface area contributed by atoms with Gasteiger partial charge in [-0.15, -0.1) is 0 Å². The van der Waals surface area contributed by atoms with Crippen LogP contribution in [0.15, 0.2) is 28.9 Å². The first-order chi connectivity index (χ1) is 14.9. The molecule has 31 heavy (non-hydrogen) atoms. The first kappa shape index (κ1) is 23.3. The fourth-order valence-corrected chi connectivity index (χ4v) is 3.54. The lowest BCUT2D eigenvalue weighted by molar-refractivity contribution is -0.136. The van der Waals surface area contributed by atoms with Crippen molar-refractivity contribution in [1.29, 1.82) is 0 Å². The van der Waals surface area contributed by atoms with Gasteiger partial charge in [0.25, 0.3) is 0 Å². The number of imide groups is 1. The number of carbonyl (C=O) groups excluding carboxylic acids is 2. The number of carbonyl (C=O) groups is 2. The SMILES string of the molecule is CN1C(=O)CCC1=O.CSc1ncc2c(I)[nH]nc2n1.CSc1ncc2cn[nH]c2n1. The van der Waals surface area contributed by atoms with Crippen molar-refractivity contribution in [3.05, 3.63) is 22.3 Å². The van der Waals surface area contributed by atoms with Crippen molar-refractivity contribution in [2.75, 3.05) is 19.6 Å². The number of likely N-dealkylation sites (tertiary alicyclic amines) is 1. The van der Waals surface area contributed by atoms with E-state index in [0.29, 0.717) is 12.8 Å². The van der Waals surface area contributed by atoms with Crippen LogP contribution in [0.2, 0.25) is 0 Å². The van der Waals surface area contributed by atoms with E-state index < -0.39 is 0 Å². The zero-order chi connectivity index (χ0) is 22.4. The van der Waals surface area contributed by atoms with E-state index in [0.717, 1.165) is 36.1 Å². The topological polar surface area (TPSA) is 146 Å². The van der Waals surface area contributed by atoms with Gasteiger partial charge in [0.15, 0.2) is 21.6 Å². The highest BCUT2D eigenvalue weighted by molar-refractivity contribution is 14.1. The van der Waals surface area contributed by atoms with Gasteiger partial charge in [0.2, 0.25) is 11.8 Å². The number of hydrogen-bond donors (Lipinski definition) is 2. The summed E-state index contributed by atoms with van der Waals surface area (Å²) in [5.41, 5.74) is 1.53. The van der Waals surface area contributed by atoms with Crippen molar-refractivity contribution >= 4 is 80.0 Å². The van der Waals surface area contributed by atoms with Crippen LogP contribution in [-0.2, 0) is 9.59 Å². The molecule has 0 radical (unpaired) electrons. The lowest BCUT2D eigenvalue weighted by Gasteiger charge is -2.01. The van der Waals surface area contributed by atoms with Crippen LogP contribution in [0, 0.1) is 3.70 Å². The molecule has 0 spiro atoms. The smallest absolute Gasteiger partial charge is 0.229 e. The molecule has 2 N–H and O–H groups in total. The Morgan fingerprint density at radius 1 is 0.968 bits per heavy atom. The van der Waals surface area contributed by atoms with Crippen LogP contribution in [0.4, 0.5) is 0 Å². The first-order valence-electron chi connectivity index (χ1n) is 8.83. The maximum atomic E-state index is 10.5. The van der Waals surface area contributed by atoms with Crippen molar-refractivity contribution in [2.45, 2.75) is 23.2 Å². The Morgan fingerprint density at radius 3 is 2.23 bits per heavy atom. The van der Waals surface area contributed by atoms with Crippen LogP contribution in [-0.4, -0.2) is 76.6 Å². The summed E-state index contributed by atoms with van der Waals surface area (Å²) < 4.78 is 0.982. The summed E-state index contributed by atoms with van der Waals surface area (Å²) in [6.45, 7) is 0.